The predicted octanol–water partition coefficient (Wildman–Crippen LogP) is -0.844. The van der Waals surface area contributed by atoms with Crippen molar-refractivity contribution < 1.29 is 9.90 Å². The molecule has 0 saturated carbocycles. The summed E-state index contributed by atoms with van der Waals surface area (Å²) in [6.07, 6.45) is 2.40. The van der Waals surface area contributed by atoms with Gasteiger partial charge in [0.1, 0.15) is 0 Å². The van der Waals surface area contributed by atoms with Gasteiger partial charge in [0.2, 0.25) is 5.91 Å². The second kappa shape index (κ2) is 3.22. The Morgan fingerprint density at radius 3 is 2.79 bits per heavy atom. The van der Waals surface area contributed by atoms with E-state index in [1.807, 2.05) is 0 Å². The second-order valence-corrected chi connectivity index (χ2v) is 3.13. The van der Waals surface area contributed by atoms with Crippen molar-refractivity contribution in [2.75, 3.05) is 17.2 Å². The first kappa shape index (κ1) is 8.89. The van der Waals surface area contributed by atoms with Crippen molar-refractivity contribution in [3.8, 4) is 0 Å². The summed E-state index contributed by atoms with van der Waals surface area (Å²) in [5.74, 6) is 0.355. The predicted molar refractivity (Wildman–Crippen MR) is 49.4 cm³/mol. The summed E-state index contributed by atoms with van der Waals surface area (Å²) >= 11 is 0. The van der Waals surface area contributed by atoms with Crippen molar-refractivity contribution in [1.82, 2.24) is 9.97 Å². The molecule has 3 N–H and O–H groups in total. The van der Waals surface area contributed by atoms with Gasteiger partial charge >= 0.3 is 0 Å². The number of amides is 1. The zero-order chi connectivity index (χ0) is 10.1. The van der Waals surface area contributed by atoms with Gasteiger partial charge in [-0.1, -0.05) is 0 Å². The maximum Gasteiger partial charge on any atom is 0.231 e. The van der Waals surface area contributed by atoms with Crippen molar-refractivity contribution >= 4 is 17.5 Å². The van der Waals surface area contributed by atoms with Gasteiger partial charge < -0.3 is 10.8 Å². The number of anilines is 2. The van der Waals surface area contributed by atoms with Gasteiger partial charge in [-0.25, -0.2) is 9.97 Å². The average molecular weight is 194 g/mol. The maximum absolute atomic E-state index is 11.4. The molecule has 0 radical (unpaired) electrons. The number of nitrogens with two attached hydrogens (primary N) is 1. The fourth-order valence-electron chi connectivity index (χ4n) is 1.44. The minimum atomic E-state index is -0.635. The van der Waals surface area contributed by atoms with Crippen LogP contribution in [0.3, 0.4) is 0 Å². The number of aliphatic hydroxyl groups excluding tert-OH is 1. The molecule has 1 unspecified atom stereocenters. The van der Waals surface area contributed by atoms with E-state index in [0.29, 0.717) is 5.82 Å². The molecule has 1 aliphatic rings. The quantitative estimate of drug-likeness (QED) is 0.608. The van der Waals surface area contributed by atoms with Crippen LogP contribution < -0.4 is 10.6 Å². The van der Waals surface area contributed by atoms with Crippen LogP contribution in [0.15, 0.2) is 12.4 Å². The number of carbonyl (C=O) groups excluding carboxylic acids is 1. The molecule has 6 heteroatoms. The smallest absolute Gasteiger partial charge is 0.231 e. The molecule has 14 heavy (non-hydrogen) atoms. The van der Waals surface area contributed by atoms with Crippen LogP contribution in [-0.4, -0.2) is 33.6 Å². The van der Waals surface area contributed by atoms with Crippen molar-refractivity contribution in [3.63, 3.8) is 0 Å². The van der Waals surface area contributed by atoms with Gasteiger partial charge in [-0.15, -0.1) is 0 Å². The van der Waals surface area contributed by atoms with E-state index >= 15 is 0 Å². The molecule has 1 aromatic rings. The lowest BCUT2D eigenvalue weighted by Gasteiger charge is -2.15. The zero-order valence-electron chi connectivity index (χ0n) is 7.42. The van der Waals surface area contributed by atoms with Crippen molar-refractivity contribution in [1.29, 1.82) is 0 Å². The number of β-amino-alcohol motifs (C(OH)–C–C–N with tert-alkyl or cyclic N) is 1. The Kier molecular flexibility index (Phi) is 2.05. The molecular formula is C8H10N4O2. The maximum atomic E-state index is 11.4. The van der Waals surface area contributed by atoms with Crippen molar-refractivity contribution in [2.45, 2.75) is 12.5 Å². The second-order valence-electron chi connectivity index (χ2n) is 3.13. The monoisotopic (exact) mass is 194 g/mol. The van der Waals surface area contributed by atoms with Gasteiger partial charge in [0.25, 0.3) is 0 Å². The number of carbonyl (C=O) groups is 1. The largest absolute Gasteiger partial charge is 0.391 e. The topological polar surface area (TPSA) is 92.3 Å². The number of hydrogen-bond donors (Lipinski definition) is 2. The average Bonchev–Trinajstić information content (AvgIpc) is 2.46. The van der Waals surface area contributed by atoms with E-state index in [9.17, 15) is 9.90 Å². The summed E-state index contributed by atoms with van der Waals surface area (Å²) in [5, 5.41) is 9.27. The van der Waals surface area contributed by atoms with Crippen LogP contribution in [0, 0.1) is 0 Å². The first-order valence-corrected chi connectivity index (χ1v) is 4.23. The molecule has 0 bridgehead atoms. The van der Waals surface area contributed by atoms with E-state index in [-0.39, 0.29) is 24.7 Å². The SMILES string of the molecule is Nc1nccnc1N1CC(O)CC1=O. The standard InChI is InChI=1S/C8H10N4O2/c9-7-8(11-2-1-10-7)12-4-5(13)3-6(12)14/h1-2,5,13H,3-4H2,(H2,9,10). The zero-order valence-corrected chi connectivity index (χ0v) is 7.42. The Labute approximate surface area is 80.4 Å². The molecule has 0 aliphatic carbocycles. The summed E-state index contributed by atoms with van der Waals surface area (Å²) in [6.45, 7) is 0.238. The number of nitrogen functional groups attached to an aromatic ring is 1. The molecule has 1 amide bonds. The summed E-state index contributed by atoms with van der Waals surface area (Å²) in [7, 11) is 0. The first-order chi connectivity index (χ1) is 6.68. The molecule has 2 heterocycles. The number of hydrogen-bond acceptors (Lipinski definition) is 5. The summed E-state index contributed by atoms with van der Waals surface area (Å²) < 4.78 is 0. The molecule has 1 aromatic heterocycles. The third kappa shape index (κ3) is 1.39. The summed E-state index contributed by atoms with van der Waals surface area (Å²) in [5.41, 5.74) is 5.56. The lowest BCUT2D eigenvalue weighted by atomic mass is 10.3. The van der Waals surface area contributed by atoms with Crippen LogP contribution in [0.4, 0.5) is 11.6 Å². The summed E-state index contributed by atoms with van der Waals surface area (Å²) in [6, 6.07) is 0. The highest BCUT2D eigenvalue weighted by atomic mass is 16.3. The van der Waals surface area contributed by atoms with Gasteiger partial charge in [0.15, 0.2) is 11.6 Å². The third-order valence-corrected chi connectivity index (χ3v) is 2.07. The van der Waals surface area contributed by atoms with Gasteiger partial charge in [0, 0.05) is 12.4 Å². The summed E-state index contributed by atoms with van der Waals surface area (Å²) in [4.78, 5) is 20.5. The van der Waals surface area contributed by atoms with E-state index < -0.39 is 6.10 Å². The lowest BCUT2D eigenvalue weighted by Crippen LogP contribution is -2.27. The Hall–Kier alpha value is -1.69. The third-order valence-electron chi connectivity index (χ3n) is 2.07. The molecule has 0 spiro atoms. The highest BCUT2D eigenvalue weighted by molar-refractivity contribution is 5.96. The Morgan fingerprint density at radius 2 is 2.21 bits per heavy atom. The minimum Gasteiger partial charge on any atom is -0.391 e. The van der Waals surface area contributed by atoms with Crippen LogP contribution in [0.2, 0.25) is 0 Å². The Bertz CT molecular complexity index is 368. The van der Waals surface area contributed by atoms with Crippen molar-refractivity contribution in [3.05, 3.63) is 12.4 Å². The van der Waals surface area contributed by atoms with E-state index in [0.717, 1.165) is 0 Å². The van der Waals surface area contributed by atoms with Gasteiger partial charge in [0.05, 0.1) is 19.1 Å². The molecule has 6 nitrogen and oxygen atoms in total. The van der Waals surface area contributed by atoms with Crippen molar-refractivity contribution in [2.24, 2.45) is 0 Å². The van der Waals surface area contributed by atoms with Crippen LogP contribution >= 0.6 is 0 Å². The van der Waals surface area contributed by atoms with Gasteiger partial charge in [-0.3, -0.25) is 9.69 Å². The molecule has 74 valence electrons. The van der Waals surface area contributed by atoms with Crippen LogP contribution in [0.5, 0.6) is 0 Å². The first-order valence-electron chi connectivity index (χ1n) is 4.23. The highest BCUT2D eigenvalue weighted by Gasteiger charge is 2.31. The number of aliphatic hydroxyl groups is 1. The molecular weight excluding hydrogens is 184 g/mol. The number of nitrogens with zero attached hydrogens (tertiary/aromatic N) is 3. The molecule has 1 fully saturated rings. The van der Waals surface area contributed by atoms with Gasteiger partial charge in [-0.2, -0.15) is 0 Å². The number of aromatic nitrogens is 2. The normalized spacial score (nSPS) is 21.6. The Balaban J connectivity index is 2.32. The fourth-order valence-corrected chi connectivity index (χ4v) is 1.44. The Morgan fingerprint density at radius 1 is 1.50 bits per heavy atom. The lowest BCUT2D eigenvalue weighted by molar-refractivity contribution is -0.117. The molecule has 1 saturated heterocycles. The minimum absolute atomic E-state index is 0.121. The number of rotatable bonds is 1. The van der Waals surface area contributed by atoms with E-state index in [2.05, 4.69) is 9.97 Å². The fraction of sp³-hybridized carbons (Fsp3) is 0.375. The molecule has 2 rings (SSSR count). The van der Waals surface area contributed by atoms with E-state index in [1.54, 1.807) is 0 Å². The molecule has 1 atom stereocenters. The molecule has 1 aliphatic heterocycles. The van der Waals surface area contributed by atoms with E-state index in [4.69, 9.17) is 5.73 Å². The van der Waals surface area contributed by atoms with Crippen LogP contribution in [0.25, 0.3) is 0 Å². The van der Waals surface area contributed by atoms with Crippen LogP contribution in [-0.2, 0) is 4.79 Å². The van der Waals surface area contributed by atoms with E-state index in [1.165, 1.54) is 17.3 Å². The van der Waals surface area contributed by atoms with Crippen LogP contribution in [0.1, 0.15) is 6.42 Å². The highest BCUT2D eigenvalue weighted by Crippen LogP contribution is 2.22. The van der Waals surface area contributed by atoms with Gasteiger partial charge in [-0.05, 0) is 0 Å². The molecule has 0 aromatic carbocycles.